The van der Waals surface area contributed by atoms with Gasteiger partial charge in [0.25, 0.3) is 0 Å². The number of aromatic nitrogens is 3. The summed E-state index contributed by atoms with van der Waals surface area (Å²) in [6.45, 7) is 0. The number of benzene rings is 2. The van der Waals surface area contributed by atoms with Gasteiger partial charge in [-0.05, 0) is 42.5 Å². The van der Waals surface area contributed by atoms with Crippen molar-refractivity contribution in [3.05, 3.63) is 60.4 Å². The van der Waals surface area contributed by atoms with Crippen LogP contribution in [0.2, 0.25) is 0 Å². The Morgan fingerprint density at radius 1 is 1.00 bits per heavy atom. The van der Waals surface area contributed by atoms with Crippen molar-refractivity contribution in [2.24, 2.45) is 0 Å². The molecule has 0 amide bonds. The van der Waals surface area contributed by atoms with Gasteiger partial charge in [-0.3, -0.25) is 14.9 Å². The number of carbonyl (C=O) groups is 1. The molecule has 0 radical (unpaired) electrons. The predicted molar refractivity (Wildman–Crippen MR) is 83.3 cm³/mol. The molecule has 0 aliphatic heterocycles. The largest absolute Gasteiger partial charge is 0.457 e. The quantitative estimate of drug-likeness (QED) is 0.584. The van der Waals surface area contributed by atoms with Gasteiger partial charge in [-0.1, -0.05) is 6.07 Å². The topological polar surface area (TPSA) is 67.9 Å². The van der Waals surface area contributed by atoms with Gasteiger partial charge in [0.1, 0.15) is 17.2 Å². The molecule has 4 aromatic rings. The molecule has 0 spiro atoms. The molecule has 0 atom stereocenters. The molecule has 0 bridgehead atoms. The minimum atomic E-state index is 0.447. The average molecular weight is 289 g/mol. The summed E-state index contributed by atoms with van der Waals surface area (Å²) in [4.78, 5) is 15.3. The lowest BCUT2D eigenvalue weighted by Gasteiger charge is -2.06. The molecular formula is C17H11N3O2. The molecule has 5 heteroatoms. The van der Waals surface area contributed by atoms with Crippen LogP contribution in [0, 0.1) is 0 Å². The molecule has 0 saturated heterocycles. The van der Waals surface area contributed by atoms with Crippen molar-refractivity contribution in [3.63, 3.8) is 0 Å². The first kappa shape index (κ1) is 12.5. The van der Waals surface area contributed by atoms with E-state index in [2.05, 4.69) is 15.2 Å². The van der Waals surface area contributed by atoms with Crippen LogP contribution in [0.15, 0.2) is 54.7 Å². The van der Waals surface area contributed by atoms with E-state index < -0.39 is 0 Å². The zero-order chi connectivity index (χ0) is 14.9. The maximum Gasteiger partial charge on any atom is 0.168 e. The lowest BCUT2D eigenvalue weighted by molar-refractivity contribution is 0.112. The maximum atomic E-state index is 11.0. The highest BCUT2D eigenvalue weighted by Gasteiger charge is 2.07. The van der Waals surface area contributed by atoms with Crippen molar-refractivity contribution in [2.45, 2.75) is 0 Å². The lowest BCUT2D eigenvalue weighted by atomic mass is 10.2. The van der Waals surface area contributed by atoms with Crippen LogP contribution in [0.1, 0.15) is 10.5 Å². The molecule has 0 fully saturated rings. The van der Waals surface area contributed by atoms with Crippen molar-refractivity contribution in [2.75, 3.05) is 0 Å². The normalized spacial score (nSPS) is 10.9. The van der Waals surface area contributed by atoms with E-state index >= 15 is 0 Å². The molecule has 0 aliphatic rings. The third-order valence-electron chi connectivity index (χ3n) is 3.48. The van der Waals surface area contributed by atoms with Crippen molar-refractivity contribution in [1.29, 1.82) is 0 Å². The molecule has 22 heavy (non-hydrogen) atoms. The highest BCUT2D eigenvalue weighted by atomic mass is 16.5. The second-order valence-corrected chi connectivity index (χ2v) is 4.89. The number of nitrogens with zero attached hydrogens (tertiary/aromatic N) is 2. The van der Waals surface area contributed by atoms with Crippen LogP contribution in [0.4, 0.5) is 0 Å². The SMILES string of the molecule is O=Cc1[nH]nc2ccc(Oc3ccc4ncccc4c3)cc12. The smallest absolute Gasteiger partial charge is 0.168 e. The lowest BCUT2D eigenvalue weighted by Crippen LogP contribution is -1.86. The number of H-pyrrole nitrogens is 1. The van der Waals surface area contributed by atoms with E-state index in [-0.39, 0.29) is 0 Å². The summed E-state index contributed by atoms with van der Waals surface area (Å²) in [7, 11) is 0. The van der Waals surface area contributed by atoms with E-state index in [1.807, 2.05) is 42.5 Å². The van der Waals surface area contributed by atoms with E-state index in [9.17, 15) is 4.79 Å². The Hall–Kier alpha value is -3.21. The summed E-state index contributed by atoms with van der Waals surface area (Å²) in [5.41, 5.74) is 2.10. The number of pyridine rings is 1. The third-order valence-corrected chi connectivity index (χ3v) is 3.48. The van der Waals surface area contributed by atoms with Crippen LogP contribution in [-0.4, -0.2) is 21.5 Å². The van der Waals surface area contributed by atoms with Gasteiger partial charge in [0.2, 0.25) is 0 Å². The molecular weight excluding hydrogens is 278 g/mol. The molecule has 2 aromatic heterocycles. The number of hydrogen-bond acceptors (Lipinski definition) is 4. The van der Waals surface area contributed by atoms with Gasteiger partial charge in [-0.15, -0.1) is 0 Å². The van der Waals surface area contributed by atoms with Gasteiger partial charge in [-0.25, -0.2) is 0 Å². The number of aldehydes is 1. The van der Waals surface area contributed by atoms with Gasteiger partial charge < -0.3 is 4.74 Å². The minimum absolute atomic E-state index is 0.447. The number of hydrogen-bond donors (Lipinski definition) is 1. The average Bonchev–Trinajstić information content (AvgIpc) is 2.97. The Balaban J connectivity index is 1.73. The van der Waals surface area contributed by atoms with E-state index in [4.69, 9.17) is 4.74 Å². The zero-order valence-electron chi connectivity index (χ0n) is 11.5. The Bertz CT molecular complexity index is 991. The summed E-state index contributed by atoms with van der Waals surface area (Å²) in [6, 6.07) is 15.0. The molecule has 1 N–H and O–H groups in total. The van der Waals surface area contributed by atoms with Gasteiger partial charge in [0.05, 0.1) is 11.0 Å². The van der Waals surface area contributed by atoms with Crippen LogP contribution in [0.5, 0.6) is 11.5 Å². The molecule has 106 valence electrons. The van der Waals surface area contributed by atoms with Crippen molar-refractivity contribution >= 4 is 28.1 Å². The van der Waals surface area contributed by atoms with Crippen LogP contribution in [0.3, 0.4) is 0 Å². The molecule has 2 heterocycles. The van der Waals surface area contributed by atoms with E-state index in [1.54, 1.807) is 12.3 Å². The van der Waals surface area contributed by atoms with Crippen LogP contribution in [0.25, 0.3) is 21.8 Å². The predicted octanol–water partition coefficient (Wildman–Crippen LogP) is 3.72. The first-order valence-corrected chi connectivity index (χ1v) is 6.79. The van der Waals surface area contributed by atoms with E-state index in [1.165, 1.54) is 0 Å². The summed E-state index contributed by atoms with van der Waals surface area (Å²) in [5.74, 6) is 1.37. The molecule has 0 unspecified atom stereocenters. The monoisotopic (exact) mass is 289 g/mol. The first-order valence-electron chi connectivity index (χ1n) is 6.79. The summed E-state index contributed by atoms with van der Waals surface area (Å²) in [6.07, 6.45) is 2.51. The Morgan fingerprint density at radius 3 is 2.68 bits per heavy atom. The molecule has 0 aliphatic carbocycles. The van der Waals surface area contributed by atoms with Crippen molar-refractivity contribution in [3.8, 4) is 11.5 Å². The number of fused-ring (bicyclic) bond motifs is 2. The zero-order valence-corrected chi connectivity index (χ0v) is 11.5. The maximum absolute atomic E-state index is 11.0. The number of rotatable bonds is 3. The van der Waals surface area contributed by atoms with Gasteiger partial charge in [-0.2, -0.15) is 5.10 Å². The van der Waals surface area contributed by atoms with Gasteiger partial charge in [0.15, 0.2) is 6.29 Å². The number of aromatic amines is 1. The first-order chi connectivity index (χ1) is 10.8. The molecule has 4 rings (SSSR count). The Morgan fingerprint density at radius 2 is 1.82 bits per heavy atom. The summed E-state index contributed by atoms with van der Waals surface area (Å²) < 4.78 is 5.88. The Labute approximate surface area is 125 Å². The van der Waals surface area contributed by atoms with Crippen LogP contribution >= 0.6 is 0 Å². The second kappa shape index (κ2) is 4.96. The molecule has 5 nitrogen and oxygen atoms in total. The van der Waals surface area contributed by atoms with E-state index in [0.29, 0.717) is 11.4 Å². The Kier molecular flexibility index (Phi) is 2.83. The summed E-state index contributed by atoms with van der Waals surface area (Å²) in [5, 5.41) is 8.51. The highest BCUT2D eigenvalue weighted by Crippen LogP contribution is 2.27. The van der Waals surface area contributed by atoms with Crippen LogP contribution in [-0.2, 0) is 0 Å². The second-order valence-electron chi connectivity index (χ2n) is 4.89. The number of ether oxygens (including phenoxy) is 1. The number of nitrogens with one attached hydrogen (secondary N) is 1. The van der Waals surface area contributed by atoms with Gasteiger partial charge in [0, 0.05) is 17.0 Å². The van der Waals surface area contributed by atoms with Crippen LogP contribution < -0.4 is 4.74 Å². The minimum Gasteiger partial charge on any atom is -0.457 e. The van der Waals surface area contributed by atoms with E-state index in [0.717, 1.165) is 33.8 Å². The fourth-order valence-corrected chi connectivity index (χ4v) is 2.42. The fraction of sp³-hybridized carbons (Fsp3) is 0. The third kappa shape index (κ3) is 2.09. The highest BCUT2D eigenvalue weighted by molar-refractivity contribution is 5.95. The standard InChI is InChI=1S/C17H11N3O2/c21-10-17-14-9-13(4-6-16(14)19-20-17)22-12-3-5-15-11(8-12)2-1-7-18-15/h1-10H,(H,19,20). The van der Waals surface area contributed by atoms with Crippen molar-refractivity contribution < 1.29 is 9.53 Å². The number of carbonyl (C=O) groups excluding carboxylic acids is 1. The van der Waals surface area contributed by atoms with Gasteiger partial charge >= 0.3 is 0 Å². The molecule has 0 saturated carbocycles. The summed E-state index contributed by atoms with van der Waals surface area (Å²) >= 11 is 0. The van der Waals surface area contributed by atoms with Crippen molar-refractivity contribution in [1.82, 2.24) is 15.2 Å². The fourth-order valence-electron chi connectivity index (χ4n) is 2.42. The molecule has 2 aromatic carbocycles.